The van der Waals surface area contributed by atoms with Crippen LogP contribution in [-0.2, 0) is 0 Å². The second-order valence-electron chi connectivity index (χ2n) is 2.63. The summed E-state index contributed by atoms with van der Waals surface area (Å²) in [6.07, 6.45) is 5.82. The first-order valence-electron chi connectivity index (χ1n) is 4.20. The normalized spacial score (nSPS) is 12.6. The molecule has 13 heavy (non-hydrogen) atoms. The van der Waals surface area contributed by atoms with E-state index in [1.165, 1.54) is 0 Å². The number of rotatable bonds is 3. The molecule has 0 bridgehead atoms. The van der Waals surface area contributed by atoms with Crippen molar-refractivity contribution in [1.29, 1.82) is 5.26 Å². The van der Waals surface area contributed by atoms with E-state index in [4.69, 9.17) is 5.26 Å². The first kappa shape index (κ1) is 9.40. The lowest BCUT2D eigenvalue weighted by Crippen LogP contribution is -1.94. The number of nitriles is 1. The summed E-state index contributed by atoms with van der Waals surface area (Å²) >= 11 is 0. The van der Waals surface area contributed by atoms with Gasteiger partial charge in [-0.15, -0.1) is 0 Å². The van der Waals surface area contributed by atoms with Crippen LogP contribution in [0.25, 0.3) is 0 Å². The van der Waals surface area contributed by atoms with Crippen molar-refractivity contribution in [2.24, 2.45) is 10.9 Å². The van der Waals surface area contributed by atoms with E-state index in [1.54, 1.807) is 18.6 Å². The summed E-state index contributed by atoms with van der Waals surface area (Å²) < 4.78 is 0. The Labute approximate surface area is 77.8 Å². The number of nitrogens with zero attached hydrogens (tertiary/aromatic N) is 3. The van der Waals surface area contributed by atoms with E-state index >= 15 is 0 Å². The Balaban J connectivity index is 2.64. The van der Waals surface area contributed by atoms with Gasteiger partial charge in [-0.05, 0) is 18.6 Å². The first-order valence-corrected chi connectivity index (χ1v) is 4.20. The fraction of sp³-hybridized carbons (Fsp3) is 0.300. The largest absolute Gasteiger partial charge is 0.262 e. The predicted molar refractivity (Wildman–Crippen MR) is 51.8 cm³/mol. The van der Waals surface area contributed by atoms with Crippen LogP contribution >= 0.6 is 0 Å². The molecule has 3 heteroatoms. The van der Waals surface area contributed by atoms with Gasteiger partial charge in [0, 0.05) is 12.4 Å². The van der Waals surface area contributed by atoms with Gasteiger partial charge in [0.15, 0.2) is 0 Å². The van der Waals surface area contributed by atoms with Crippen LogP contribution < -0.4 is 0 Å². The number of hydrogen-bond donors (Lipinski definition) is 0. The van der Waals surface area contributed by atoms with Gasteiger partial charge in [-0.3, -0.25) is 9.98 Å². The van der Waals surface area contributed by atoms with E-state index in [0.29, 0.717) is 0 Å². The lowest BCUT2D eigenvalue weighted by atomic mass is 10.1. The van der Waals surface area contributed by atoms with Gasteiger partial charge < -0.3 is 0 Å². The smallest absolute Gasteiger partial charge is 0.0813 e. The lowest BCUT2D eigenvalue weighted by Gasteiger charge is -1.95. The van der Waals surface area contributed by atoms with Crippen molar-refractivity contribution in [3.8, 4) is 6.07 Å². The maximum atomic E-state index is 8.65. The molecule has 1 atom stereocenters. The minimum atomic E-state index is -0.0970. The van der Waals surface area contributed by atoms with Crippen LogP contribution in [0.5, 0.6) is 0 Å². The molecule has 0 aliphatic rings. The minimum Gasteiger partial charge on any atom is -0.262 e. The van der Waals surface area contributed by atoms with Gasteiger partial charge in [-0.25, -0.2) is 0 Å². The molecule has 0 aromatic carbocycles. The highest BCUT2D eigenvalue weighted by atomic mass is 14.8. The fourth-order valence-electron chi connectivity index (χ4n) is 0.836. The van der Waals surface area contributed by atoms with E-state index in [2.05, 4.69) is 16.0 Å². The molecule has 1 aromatic heterocycles. The van der Waals surface area contributed by atoms with Crippen LogP contribution in [0.4, 0.5) is 5.69 Å². The summed E-state index contributed by atoms with van der Waals surface area (Å²) in [7, 11) is 0. The van der Waals surface area contributed by atoms with Crippen molar-refractivity contribution < 1.29 is 0 Å². The third-order valence-electron chi connectivity index (χ3n) is 1.66. The molecule has 1 rings (SSSR count). The monoisotopic (exact) mass is 173 g/mol. The zero-order chi connectivity index (χ0) is 9.52. The van der Waals surface area contributed by atoms with Gasteiger partial charge in [0.1, 0.15) is 0 Å². The average Bonchev–Trinajstić information content (AvgIpc) is 2.21. The van der Waals surface area contributed by atoms with E-state index in [9.17, 15) is 0 Å². The summed E-state index contributed by atoms with van der Waals surface area (Å²) in [6.45, 7) is 1.96. The summed E-state index contributed by atoms with van der Waals surface area (Å²) in [6, 6.07) is 5.83. The molecule has 0 N–H and O–H groups in total. The molecule has 0 aliphatic carbocycles. The van der Waals surface area contributed by atoms with E-state index in [0.717, 1.165) is 12.1 Å². The highest BCUT2D eigenvalue weighted by Gasteiger charge is 1.97. The highest BCUT2D eigenvalue weighted by molar-refractivity contribution is 5.67. The molecule has 0 saturated carbocycles. The Bertz CT molecular complexity index is 311. The second kappa shape index (κ2) is 5.04. The fourth-order valence-corrected chi connectivity index (χ4v) is 0.836. The summed E-state index contributed by atoms with van der Waals surface area (Å²) in [5, 5.41) is 8.65. The molecular formula is C10H11N3. The zero-order valence-electron chi connectivity index (χ0n) is 7.51. The Morgan fingerprint density at radius 1 is 1.77 bits per heavy atom. The van der Waals surface area contributed by atoms with Crippen molar-refractivity contribution in [3.63, 3.8) is 0 Å². The molecule has 0 saturated heterocycles. The van der Waals surface area contributed by atoms with Crippen molar-refractivity contribution in [3.05, 3.63) is 24.5 Å². The van der Waals surface area contributed by atoms with Crippen LogP contribution in [0.2, 0.25) is 0 Å². The predicted octanol–water partition coefficient (Wildman–Crippen LogP) is 2.33. The number of aromatic nitrogens is 1. The van der Waals surface area contributed by atoms with Crippen molar-refractivity contribution in [1.82, 2.24) is 4.98 Å². The molecule has 0 aliphatic heterocycles. The number of aliphatic imine (C=N–C) groups is 1. The molecule has 0 fully saturated rings. The third-order valence-corrected chi connectivity index (χ3v) is 1.66. The SMILES string of the molecule is CCC(C#N)C=Nc1cccnc1. The second-order valence-corrected chi connectivity index (χ2v) is 2.63. The van der Waals surface area contributed by atoms with E-state index in [1.807, 2.05) is 19.1 Å². The summed E-state index contributed by atoms with van der Waals surface area (Å²) in [5.41, 5.74) is 0.788. The Morgan fingerprint density at radius 2 is 2.62 bits per heavy atom. The van der Waals surface area contributed by atoms with Crippen LogP contribution in [0, 0.1) is 17.2 Å². The van der Waals surface area contributed by atoms with Crippen molar-refractivity contribution in [2.45, 2.75) is 13.3 Å². The Hall–Kier alpha value is -1.69. The standard InChI is InChI=1S/C10H11N3/c1-2-9(6-11)7-13-10-4-3-5-12-8-10/h3-5,7-9H,2H2,1H3. The van der Waals surface area contributed by atoms with Crippen LogP contribution in [-0.4, -0.2) is 11.2 Å². The topological polar surface area (TPSA) is 49.0 Å². The highest BCUT2D eigenvalue weighted by Crippen LogP contribution is 2.08. The summed E-state index contributed by atoms with van der Waals surface area (Å²) in [5.74, 6) is -0.0970. The summed E-state index contributed by atoms with van der Waals surface area (Å²) in [4.78, 5) is 8.06. The minimum absolute atomic E-state index is 0.0970. The van der Waals surface area contributed by atoms with Crippen molar-refractivity contribution in [2.75, 3.05) is 0 Å². The van der Waals surface area contributed by atoms with Gasteiger partial charge in [0.05, 0.1) is 23.9 Å². The average molecular weight is 173 g/mol. The van der Waals surface area contributed by atoms with Crippen LogP contribution in [0.15, 0.2) is 29.5 Å². The third kappa shape index (κ3) is 3.04. The number of pyridine rings is 1. The van der Waals surface area contributed by atoms with Gasteiger partial charge in [-0.1, -0.05) is 6.92 Å². The molecule has 1 aromatic rings. The molecule has 1 unspecified atom stereocenters. The van der Waals surface area contributed by atoms with E-state index in [-0.39, 0.29) is 5.92 Å². The lowest BCUT2D eigenvalue weighted by molar-refractivity contribution is 0.845. The Morgan fingerprint density at radius 3 is 3.15 bits per heavy atom. The Kier molecular flexibility index (Phi) is 3.65. The van der Waals surface area contributed by atoms with Gasteiger partial charge >= 0.3 is 0 Å². The maximum absolute atomic E-state index is 8.65. The molecule has 66 valence electrons. The molecule has 0 amide bonds. The maximum Gasteiger partial charge on any atom is 0.0813 e. The molecule has 0 spiro atoms. The van der Waals surface area contributed by atoms with Gasteiger partial charge in [0.2, 0.25) is 0 Å². The number of hydrogen-bond acceptors (Lipinski definition) is 3. The van der Waals surface area contributed by atoms with Crippen molar-refractivity contribution >= 4 is 11.9 Å². The first-order chi connectivity index (χ1) is 6.36. The van der Waals surface area contributed by atoms with E-state index < -0.39 is 0 Å². The van der Waals surface area contributed by atoms with Crippen LogP contribution in [0.1, 0.15) is 13.3 Å². The quantitative estimate of drug-likeness (QED) is 0.658. The molecule has 0 radical (unpaired) electrons. The van der Waals surface area contributed by atoms with Crippen LogP contribution in [0.3, 0.4) is 0 Å². The van der Waals surface area contributed by atoms with Gasteiger partial charge in [-0.2, -0.15) is 5.26 Å². The molecule has 1 heterocycles. The van der Waals surface area contributed by atoms with Gasteiger partial charge in [0.25, 0.3) is 0 Å². The molecule has 3 nitrogen and oxygen atoms in total. The zero-order valence-corrected chi connectivity index (χ0v) is 7.51. The molecular weight excluding hydrogens is 162 g/mol.